The number of benzene rings is 1. The number of aromatic nitrogens is 1. The predicted molar refractivity (Wildman–Crippen MR) is 87.0 cm³/mol. The van der Waals surface area contributed by atoms with Crippen LogP contribution in [0.3, 0.4) is 0 Å². The number of nitrogens with zero attached hydrogens (tertiary/aromatic N) is 2. The number of carbonyl (C=O) groups is 2. The number of pyridine rings is 1. The first-order chi connectivity index (χ1) is 11.1. The summed E-state index contributed by atoms with van der Waals surface area (Å²) in [5.41, 5.74) is 1.83. The standard InChI is InChI=1S/C17H15ClN2O3/c1-2-23-17(22)20-14-10-12(18)7-6-11(14)9-15(20)16(21)13-5-3-4-8-19-13/h3-8,10,15H,2,9H2,1H3. The molecule has 1 aliphatic heterocycles. The third kappa shape index (κ3) is 2.92. The van der Waals surface area contributed by atoms with Gasteiger partial charge in [0.15, 0.2) is 0 Å². The van der Waals surface area contributed by atoms with Gasteiger partial charge in [0, 0.05) is 17.6 Å². The topological polar surface area (TPSA) is 59.5 Å². The molecule has 0 spiro atoms. The summed E-state index contributed by atoms with van der Waals surface area (Å²) in [6.45, 7) is 1.96. The zero-order chi connectivity index (χ0) is 16.4. The lowest BCUT2D eigenvalue weighted by molar-refractivity contribution is 0.0945. The first-order valence-corrected chi connectivity index (χ1v) is 7.69. The Morgan fingerprint density at radius 2 is 2.17 bits per heavy atom. The highest BCUT2D eigenvalue weighted by Crippen LogP contribution is 2.36. The van der Waals surface area contributed by atoms with Gasteiger partial charge in [-0.25, -0.2) is 4.79 Å². The van der Waals surface area contributed by atoms with Crippen LogP contribution in [0.2, 0.25) is 5.02 Å². The minimum atomic E-state index is -0.669. The Kier molecular flexibility index (Phi) is 4.30. The number of amides is 1. The Hall–Kier alpha value is -2.40. The molecular formula is C17H15ClN2O3. The van der Waals surface area contributed by atoms with E-state index in [-0.39, 0.29) is 12.4 Å². The maximum Gasteiger partial charge on any atom is 0.414 e. The number of Topliss-reactive ketones (excluding diaryl/α,β-unsaturated/α-hetero) is 1. The Morgan fingerprint density at radius 1 is 1.35 bits per heavy atom. The van der Waals surface area contributed by atoms with Crippen molar-refractivity contribution in [3.8, 4) is 0 Å². The van der Waals surface area contributed by atoms with Crippen LogP contribution in [0.25, 0.3) is 0 Å². The average Bonchev–Trinajstić information content (AvgIpc) is 2.93. The molecule has 0 radical (unpaired) electrons. The highest BCUT2D eigenvalue weighted by molar-refractivity contribution is 6.31. The number of fused-ring (bicyclic) bond motifs is 1. The second-order valence-corrected chi connectivity index (χ2v) is 5.58. The van der Waals surface area contributed by atoms with Gasteiger partial charge in [-0.3, -0.25) is 14.7 Å². The molecule has 2 heterocycles. The third-order valence-corrected chi connectivity index (χ3v) is 3.95. The first kappa shape index (κ1) is 15.5. The van der Waals surface area contributed by atoms with Crippen molar-refractivity contribution in [3.63, 3.8) is 0 Å². The molecule has 1 aromatic carbocycles. The van der Waals surface area contributed by atoms with E-state index in [1.165, 1.54) is 4.90 Å². The van der Waals surface area contributed by atoms with E-state index in [4.69, 9.17) is 16.3 Å². The maximum atomic E-state index is 12.8. The fourth-order valence-corrected chi connectivity index (χ4v) is 2.88. The summed E-state index contributed by atoms with van der Waals surface area (Å²) in [6, 6.07) is 9.71. The highest BCUT2D eigenvalue weighted by atomic mass is 35.5. The van der Waals surface area contributed by atoms with Crippen LogP contribution < -0.4 is 4.90 Å². The van der Waals surface area contributed by atoms with E-state index in [9.17, 15) is 9.59 Å². The van der Waals surface area contributed by atoms with Gasteiger partial charge in [0.05, 0.1) is 12.3 Å². The largest absolute Gasteiger partial charge is 0.449 e. The van der Waals surface area contributed by atoms with E-state index in [0.717, 1.165) is 5.56 Å². The van der Waals surface area contributed by atoms with Gasteiger partial charge in [0.2, 0.25) is 5.78 Å². The van der Waals surface area contributed by atoms with Crippen molar-refractivity contribution in [2.75, 3.05) is 11.5 Å². The molecule has 0 aliphatic carbocycles. The van der Waals surface area contributed by atoms with Crippen LogP contribution in [0.1, 0.15) is 23.0 Å². The molecule has 0 N–H and O–H groups in total. The monoisotopic (exact) mass is 330 g/mol. The maximum absolute atomic E-state index is 12.8. The van der Waals surface area contributed by atoms with E-state index < -0.39 is 12.1 Å². The number of carbonyl (C=O) groups excluding carboxylic acids is 2. The molecule has 2 aromatic rings. The molecule has 6 heteroatoms. The van der Waals surface area contributed by atoms with Crippen LogP contribution in [0.4, 0.5) is 10.5 Å². The van der Waals surface area contributed by atoms with Crippen molar-refractivity contribution < 1.29 is 14.3 Å². The van der Waals surface area contributed by atoms with Crippen molar-refractivity contribution in [2.24, 2.45) is 0 Å². The molecule has 23 heavy (non-hydrogen) atoms. The number of anilines is 1. The van der Waals surface area contributed by atoms with Crippen molar-refractivity contribution in [1.29, 1.82) is 0 Å². The van der Waals surface area contributed by atoms with Crippen LogP contribution in [0.15, 0.2) is 42.6 Å². The molecule has 3 rings (SSSR count). The third-order valence-electron chi connectivity index (χ3n) is 3.72. The fraction of sp³-hybridized carbons (Fsp3) is 0.235. The summed E-state index contributed by atoms with van der Waals surface area (Å²) in [7, 11) is 0. The van der Waals surface area contributed by atoms with Gasteiger partial charge in [-0.2, -0.15) is 0 Å². The summed E-state index contributed by atoms with van der Waals surface area (Å²) in [4.78, 5) is 30.6. The zero-order valence-electron chi connectivity index (χ0n) is 12.5. The van der Waals surface area contributed by atoms with Crippen molar-refractivity contribution in [1.82, 2.24) is 4.98 Å². The molecule has 118 valence electrons. The molecule has 0 saturated carbocycles. The summed E-state index contributed by atoms with van der Waals surface area (Å²) in [5.74, 6) is -0.217. The molecule has 1 amide bonds. The van der Waals surface area contributed by atoms with Crippen LogP contribution in [0.5, 0.6) is 0 Å². The number of hydrogen-bond acceptors (Lipinski definition) is 4. The van der Waals surface area contributed by atoms with Gasteiger partial charge < -0.3 is 4.74 Å². The molecule has 1 atom stereocenters. The normalized spacial score (nSPS) is 16.1. The van der Waals surface area contributed by atoms with Gasteiger partial charge in [-0.1, -0.05) is 23.7 Å². The minimum Gasteiger partial charge on any atom is -0.449 e. The lowest BCUT2D eigenvalue weighted by Gasteiger charge is -2.23. The Balaban J connectivity index is 2.00. The van der Waals surface area contributed by atoms with Gasteiger partial charge in [-0.15, -0.1) is 0 Å². The van der Waals surface area contributed by atoms with E-state index in [2.05, 4.69) is 4.98 Å². The summed E-state index contributed by atoms with van der Waals surface area (Å²) in [6.07, 6.45) is 1.42. The molecule has 1 aliphatic rings. The number of hydrogen-bond donors (Lipinski definition) is 0. The Morgan fingerprint density at radius 3 is 2.87 bits per heavy atom. The molecular weight excluding hydrogens is 316 g/mol. The quantitative estimate of drug-likeness (QED) is 0.808. The van der Waals surface area contributed by atoms with E-state index >= 15 is 0 Å². The van der Waals surface area contributed by atoms with Crippen LogP contribution in [0, 0.1) is 0 Å². The first-order valence-electron chi connectivity index (χ1n) is 7.31. The summed E-state index contributed by atoms with van der Waals surface area (Å²) < 4.78 is 5.11. The van der Waals surface area contributed by atoms with Gasteiger partial charge in [0.25, 0.3) is 0 Å². The minimum absolute atomic E-state index is 0.217. The predicted octanol–water partition coefficient (Wildman–Crippen LogP) is 3.51. The van der Waals surface area contributed by atoms with Crippen molar-refractivity contribution >= 4 is 29.2 Å². The van der Waals surface area contributed by atoms with Crippen LogP contribution >= 0.6 is 11.6 Å². The van der Waals surface area contributed by atoms with Gasteiger partial charge >= 0.3 is 6.09 Å². The fourth-order valence-electron chi connectivity index (χ4n) is 2.71. The van der Waals surface area contributed by atoms with Gasteiger partial charge in [0.1, 0.15) is 11.7 Å². The zero-order valence-corrected chi connectivity index (χ0v) is 13.3. The Bertz CT molecular complexity index is 749. The second-order valence-electron chi connectivity index (χ2n) is 5.14. The van der Waals surface area contributed by atoms with Crippen molar-refractivity contribution in [2.45, 2.75) is 19.4 Å². The van der Waals surface area contributed by atoms with Crippen molar-refractivity contribution in [3.05, 3.63) is 58.9 Å². The molecule has 5 nitrogen and oxygen atoms in total. The molecule has 1 unspecified atom stereocenters. The number of ether oxygens (including phenoxy) is 1. The highest BCUT2D eigenvalue weighted by Gasteiger charge is 2.40. The number of ketones is 1. The van der Waals surface area contributed by atoms with Crippen LogP contribution in [-0.4, -0.2) is 29.5 Å². The van der Waals surface area contributed by atoms with E-state index in [1.54, 1.807) is 43.5 Å². The average molecular weight is 331 g/mol. The molecule has 1 aromatic heterocycles. The van der Waals surface area contributed by atoms with E-state index in [0.29, 0.717) is 22.8 Å². The Labute approximate surface area is 138 Å². The summed E-state index contributed by atoms with van der Waals surface area (Å²) >= 11 is 6.04. The lowest BCUT2D eigenvalue weighted by Crippen LogP contribution is -2.43. The smallest absolute Gasteiger partial charge is 0.414 e. The van der Waals surface area contributed by atoms with Crippen LogP contribution in [-0.2, 0) is 11.2 Å². The second kappa shape index (κ2) is 6.38. The number of halogens is 1. The number of rotatable bonds is 3. The molecule has 0 saturated heterocycles. The lowest BCUT2D eigenvalue weighted by atomic mass is 10.0. The molecule has 0 bridgehead atoms. The SMILES string of the molecule is CCOC(=O)N1c2cc(Cl)ccc2CC1C(=O)c1ccccn1. The summed E-state index contributed by atoms with van der Waals surface area (Å²) in [5, 5.41) is 0.504. The van der Waals surface area contributed by atoms with E-state index in [1.807, 2.05) is 6.07 Å². The molecule has 0 fully saturated rings. The van der Waals surface area contributed by atoms with Gasteiger partial charge in [-0.05, 0) is 36.8 Å².